The van der Waals surface area contributed by atoms with Gasteiger partial charge in [-0.25, -0.2) is 0 Å². The number of aryl methyl sites for hydroxylation is 2. The van der Waals surface area contributed by atoms with Crippen LogP contribution in [0.1, 0.15) is 25.0 Å². The Hall–Kier alpha value is 0.0149. The van der Waals surface area contributed by atoms with E-state index in [9.17, 15) is 0 Å². The first-order valence-corrected chi connectivity index (χ1v) is 5.54. The van der Waals surface area contributed by atoms with E-state index in [2.05, 4.69) is 56.4 Å². The first-order valence-electron chi connectivity index (χ1n) is 4.47. The lowest BCUT2D eigenvalue weighted by molar-refractivity contribution is 1.07. The molecule has 64 valence electrons. The molecule has 0 atom stereocenters. The van der Waals surface area contributed by atoms with Crippen molar-refractivity contribution in [1.29, 1.82) is 0 Å². The number of hydrogen-bond acceptors (Lipinski definition) is 0. The fourth-order valence-electron chi connectivity index (χ4n) is 1.44. The lowest BCUT2D eigenvalue weighted by Gasteiger charge is -2.08. The summed E-state index contributed by atoms with van der Waals surface area (Å²) < 4.78 is 1.46. The van der Waals surface area contributed by atoms with Crippen LogP contribution in [0.2, 0.25) is 0 Å². The minimum atomic E-state index is 1.15. The zero-order valence-corrected chi connectivity index (χ0v) is 10.1. The van der Waals surface area contributed by atoms with Gasteiger partial charge in [-0.3, -0.25) is 0 Å². The van der Waals surface area contributed by atoms with Gasteiger partial charge in [0.15, 0.2) is 0 Å². The Morgan fingerprint density at radius 3 is 1.92 bits per heavy atom. The highest BCUT2D eigenvalue weighted by atomic mass is 127. The van der Waals surface area contributed by atoms with Crippen molar-refractivity contribution < 1.29 is 0 Å². The van der Waals surface area contributed by atoms with Crippen LogP contribution < -0.4 is 5.46 Å². The molecule has 0 saturated carbocycles. The maximum absolute atomic E-state index is 2.46. The molecule has 0 amide bonds. The second-order valence-corrected chi connectivity index (χ2v) is 4.18. The highest BCUT2D eigenvalue weighted by molar-refractivity contribution is 14.1. The molecule has 0 unspecified atom stereocenters. The smallest absolute Gasteiger partial charge is 0.0884 e. The van der Waals surface area contributed by atoms with E-state index in [4.69, 9.17) is 0 Å². The molecule has 1 aromatic rings. The summed E-state index contributed by atoms with van der Waals surface area (Å²) >= 11 is 2.46. The molecule has 0 aliphatic heterocycles. The topological polar surface area (TPSA) is 0 Å². The summed E-state index contributed by atoms with van der Waals surface area (Å²) in [5.41, 5.74) is 4.38. The summed E-state index contributed by atoms with van der Waals surface area (Å²) in [6, 6.07) is 4.59. The summed E-state index contributed by atoms with van der Waals surface area (Å²) in [4.78, 5) is 0. The third-order valence-electron chi connectivity index (χ3n) is 2.13. The van der Waals surface area contributed by atoms with Gasteiger partial charge < -0.3 is 0 Å². The Morgan fingerprint density at radius 2 is 1.58 bits per heavy atom. The van der Waals surface area contributed by atoms with E-state index < -0.39 is 0 Å². The van der Waals surface area contributed by atoms with E-state index in [1.165, 1.54) is 20.2 Å². The van der Waals surface area contributed by atoms with Crippen LogP contribution in [-0.4, -0.2) is 7.85 Å². The van der Waals surface area contributed by atoms with Gasteiger partial charge in [0, 0.05) is 3.57 Å². The van der Waals surface area contributed by atoms with Gasteiger partial charge in [-0.2, -0.15) is 0 Å². The maximum Gasteiger partial charge on any atom is 0.139 e. The number of halogens is 1. The van der Waals surface area contributed by atoms with Gasteiger partial charge in [0.05, 0.1) is 0 Å². The van der Waals surface area contributed by atoms with Gasteiger partial charge >= 0.3 is 0 Å². The van der Waals surface area contributed by atoms with Crippen molar-refractivity contribution in [3.05, 3.63) is 26.8 Å². The van der Waals surface area contributed by atoms with Crippen molar-refractivity contribution in [1.82, 2.24) is 0 Å². The van der Waals surface area contributed by atoms with Crippen LogP contribution in [0.5, 0.6) is 0 Å². The molecule has 0 radical (unpaired) electrons. The van der Waals surface area contributed by atoms with E-state index in [1.807, 2.05) is 0 Å². The average Bonchev–Trinajstić information content (AvgIpc) is 2.08. The normalized spacial score (nSPS) is 10.2. The lowest BCUT2D eigenvalue weighted by atomic mass is 9.91. The fraction of sp³-hybridized carbons (Fsp3) is 0.400. The van der Waals surface area contributed by atoms with E-state index in [-0.39, 0.29) is 0 Å². The van der Waals surface area contributed by atoms with Crippen molar-refractivity contribution >= 4 is 35.9 Å². The minimum Gasteiger partial charge on any atom is -0.0884 e. The number of benzene rings is 1. The summed E-state index contributed by atoms with van der Waals surface area (Å²) in [6.07, 6.45) is 2.29. The van der Waals surface area contributed by atoms with E-state index in [0.717, 1.165) is 12.8 Å². The Bertz CT molecular complexity index is 256. The molecule has 0 heterocycles. The van der Waals surface area contributed by atoms with Gasteiger partial charge in [0.2, 0.25) is 0 Å². The predicted octanol–water partition coefficient (Wildman–Crippen LogP) is 1.67. The average molecular weight is 272 g/mol. The summed E-state index contributed by atoms with van der Waals surface area (Å²) in [5.74, 6) is 0. The molecule has 0 aliphatic carbocycles. The van der Waals surface area contributed by atoms with Crippen LogP contribution in [0.3, 0.4) is 0 Å². The molecule has 0 N–H and O–H groups in total. The third-order valence-corrected chi connectivity index (χ3v) is 3.52. The molecule has 0 saturated heterocycles. The zero-order valence-electron chi connectivity index (χ0n) is 7.95. The van der Waals surface area contributed by atoms with E-state index >= 15 is 0 Å². The minimum absolute atomic E-state index is 1.15. The Balaban J connectivity index is 3.22. The van der Waals surface area contributed by atoms with Crippen molar-refractivity contribution in [2.75, 3.05) is 0 Å². The van der Waals surface area contributed by atoms with Crippen LogP contribution in [0.25, 0.3) is 0 Å². The quantitative estimate of drug-likeness (QED) is 0.567. The van der Waals surface area contributed by atoms with Crippen molar-refractivity contribution in [2.45, 2.75) is 26.7 Å². The van der Waals surface area contributed by atoms with Crippen LogP contribution >= 0.6 is 22.6 Å². The molecule has 0 nitrogen and oxygen atoms in total. The molecule has 0 aromatic heterocycles. The van der Waals surface area contributed by atoms with Gasteiger partial charge in [0.25, 0.3) is 0 Å². The zero-order chi connectivity index (χ0) is 9.14. The van der Waals surface area contributed by atoms with Crippen LogP contribution in [0.4, 0.5) is 0 Å². The molecule has 0 fully saturated rings. The molecule has 0 bridgehead atoms. The summed E-state index contributed by atoms with van der Waals surface area (Å²) in [5, 5.41) is 0. The molecule has 0 spiro atoms. The van der Waals surface area contributed by atoms with Crippen LogP contribution in [0, 0.1) is 3.57 Å². The Morgan fingerprint density at radius 1 is 1.17 bits per heavy atom. The maximum atomic E-state index is 2.46. The van der Waals surface area contributed by atoms with Gasteiger partial charge in [-0.15, -0.1) is 0 Å². The summed E-state index contributed by atoms with van der Waals surface area (Å²) in [6.45, 7) is 4.44. The Kier molecular flexibility index (Phi) is 3.62. The second kappa shape index (κ2) is 4.31. The van der Waals surface area contributed by atoms with Crippen LogP contribution in [0.15, 0.2) is 12.1 Å². The van der Waals surface area contributed by atoms with E-state index in [0.29, 0.717) is 0 Å². The molecule has 2 heteroatoms. The van der Waals surface area contributed by atoms with Crippen LogP contribution in [-0.2, 0) is 12.8 Å². The highest BCUT2D eigenvalue weighted by Crippen LogP contribution is 2.17. The molecular weight excluding hydrogens is 258 g/mol. The van der Waals surface area contributed by atoms with Crippen molar-refractivity contribution in [3.8, 4) is 0 Å². The van der Waals surface area contributed by atoms with Gasteiger partial charge in [-0.05, 0) is 46.6 Å². The van der Waals surface area contributed by atoms with Crippen molar-refractivity contribution in [2.24, 2.45) is 0 Å². The first kappa shape index (κ1) is 10.1. The monoisotopic (exact) mass is 272 g/mol. The highest BCUT2D eigenvalue weighted by Gasteiger charge is 2.03. The Labute approximate surface area is 89.3 Å². The number of rotatable bonds is 2. The standard InChI is InChI=1S/C10H14BI/c1-3-7-5-9(11)6-8(4-2)10(7)12/h5-6H,3-4,11H2,1-2H3. The molecular formula is C10H14BI. The summed E-state index contributed by atoms with van der Waals surface area (Å²) in [7, 11) is 2.17. The lowest BCUT2D eigenvalue weighted by Crippen LogP contribution is -2.08. The SMILES string of the molecule is Bc1cc(CC)c(I)c(CC)c1. The molecule has 0 aliphatic rings. The first-order chi connectivity index (χ1) is 5.69. The predicted molar refractivity (Wildman–Crippen MR) is 66.1 cm³/mol. The third kappa shape index (κ3) is 2.03. The van der Waals surface area contributed by atoms with Gasteiger partial charge in [0.1, 0.15) is 7.85 Å². The largest absolute Gasteiger partial charge is 0.139 e. The second-order valence-electron chi connectivity index (χ2n) is 3.10. The van der Waals surface area contributed by atoms with Gasteiger partial charge in [-0.1, -0.05) is 31.4 Å². The van der Waals surface area contributed by atoms with Crippen molar-refractivity contribution in [3.63, 3.8) is 0 Å². The molecule has 1 rings (SSSR count). The fourth-order valence-corrected chi connectivity index (χ4v) is 2.51. The molecule has 1 aromatic carbocycles. The number of hydrogen-bond donors (Lipinski definition) is 0. The molecule has 12 heavy (non-hydrogen) atoms. The van der Waals surface area contributed by atoms with E-state index in [1.54, 1.807) is 0 Å².